The fourth-order valence-corrected chi connectivity index (χ4v) is 2.98. The van der Waals surface area contributed by atoms with Crippen LogP contribution in [0.2, 0.25) is 0 Å². The molecule has 1 saturated heterocycles. The Morgan fingerprint density at radius 3 is 2.90 bits per heavy atom. The molecule has 7 heteroatoms. The molecule has 0 amide bonds. The number of hydrogen-bond acceptors (Lipinski definition) is 6. The molecule has 1 aliphatic heterocycles. The fourth-order valence-electron chi connectivity index (χ4n) is 2.98. The second-order valence-electron chi connectivity index (χ2n) is 5.82. The number of rotatable bonds is 4. The molecule has 0 bridgehead atoms. The molecule has 1 N–H and O–H groups in total. The van der Waals surface area contributed by atoms with E-state index in [1.54, 1.807) is 0 Å². The molecule has 1 aromatic heterocycles. The Morgan fingerprint density at radius 1 is 1.33 bits per heavy atom. The van der Waals surface area contributed by atoms with Gasteiger partial charge >= 0.3 is 0 Å². The molecular weight excluding hydrogens is 292 g/mol. The van der Waals surface area contributed by atoms with Gasteiger partial charge in [0.2, 0.25) is 0 Å². The lowest BCUT2D eigenvalue weighted by atomic mass is 9.98. The second kappa shape index (κ2) is 8.08. The Kier molecular flexibility index (Phi) is 6.41. The summed E-state index contributed by atoms with van der Waals surface area (Å²) in [7, 11) is 2.10. The van der Waals surface area contributed by atoms with Gasteiger partial charge in [-0.3, -0.25) is 4.90 Å². The van der Waals surface area contributed by atoms with Crippen LogP contribution in [0.1, 0.15) is 49.9 Å². The number of likely N-dealkylation sites (N-methyl/N-ethyl adjacent to an activating group) is 1. The van der Waals surface area contributed by atoms with Crippen LogP contribution in [0.4, 0.5) is 0 Å². The zero-order valence-electron chi connectivity index (χ0n) is 12.6. The highest BCUT2D eigenvalue weighted by atomic mass is 35.5. The molecular formula is C14H25ClN4O2. The Bertz CT molecular complexity index is 423. The van der Waals surface area contributed by atoms with E-state index in [4.69, 9.17) is 9.26 Å². The van der Waals surface area contributed by atoms with Crippen LogP contribution >= 0.6 is 12.4 Å². The van der Waals surface area contributed by atoms with Gasteiger partial charge < -0.3 is 14.6 Å². The van der Waals surface area contributed by atoms with Crippen LogP contribution in [0.15, 0.2) is 4.52 Å². The maximum atomic E-state index is 5.87. The van der Waals surface area contributed by atoms with E-state index in [1.807, 2.05) is 0 Å². The highest BCUT2D eigenvalue weighted by Crippen LogP contribution is 2.22. The summed E-state index contributed by atoms with van der Waals surface area (Å²) in [6, 6.07) is 0.205. The van der Waals surface area contributed by atoms with Gasteiger partial charge in [-0.15, -0.1) is 12.4 Å². The van der Waals surface area contributed by atoms with E-state index in [1.165, 1.54) is 19.3 Å². The van der Waals surface area contributed by atoms with E-state index in [2.05, 4.69) is 27.4 Å². The van der Waals surface area contributed by atoms with Crippen LogP contribution in [-0.4, -0.2) is 47.8 Å². The van der Waals surface area contributed by atoms with E-state index in [0.29, 0.717) is 18.6 Å². The predicted octanol–water partition coefficient (Wildman–Crippen LogP) is 1.92. The second-order valence-corrected chi connectivity index (χ2v) is 5.82. The highest BCUT2D eigenvalue weighted by Gasteiger charge is 2.25. The molecule has 2 aliphatic rings. The minimum Gasteiger partial charge on any atom is -0.368 e. The zero-order chi connectivity index (χ0) is 13.8. The summed E-state index contributed by atoms with van der Waals surface area (Å²) >= 11 is 0. The molecule has 1 aromatic rings. The summed E-state index contributed by atoms with van der Waals surface area (Å²) in [5, 5.41) is 7.47. The topological polar surface area (TPSA) is 63.4 Å². The first-order chi connectivity index (χ1) is 9.83. The smallest absolute Gasteiger partial charge is 0.252 e. The minimum atomic E-state index is 0. The van der Waals surface area contributed by atoms with Crippen molar-refractivity contribution < 1.29 is 9.26 Å². The summed E-state index contributed by atoms with van der Waals surface area (Å²) in [6.45, 7) is 3.34. The third-order valence-electron chi connectivity index (χ3n) is 4.29. The first-order valence-corrected chi connectivity index (χ1v) is 7.68. The van der Waals surface area contributed by atoms with Crippen LogP contribution < -0.4 is 5.32 Å². The number of ether oxygens (including phenoxy) is 1. The average molecular weight is 317 g/mol. The number of halogens is 1. The van der Waals surface area contributed by atoms with Gasteiger partial charge in [-0.2, -0.15) is 4.98 Å². The van der Waals surface area contributed by atoms with Gasteiger partial charge in [0.1, 0.15) is 6.61 Å². The van der Waals surface area contributed by atoms with Crippen molar-refractivity contribution in [1.82, 2.24) is 20.4 Å². The monoisotopic (exact) mass is 316 g/mol. The number of nitrogens with zero attached hydrogens (tertiary/aromatic N) is 3. The minimum absolute atomic E-state index is 0. The third-order valence-corrected chi connectivity index (χ3v) is 4.29. The standard InChI is InChI=1S/C14H24N4O2.ClH/c1-18-8-7-15-9-12(18)14-16-13(20-17-14)10-19-11-5-3-2-4-6-11;/h11-12,15H,2-10H2,1H3;1H. The average Bonchev–Trinajstić information content (AvgIpc) is 2.95. The number of aromatic nitrogens is 2. The van der Waals surface area contributed by atoms with E-state index >= 15 is 0 Å². The molecule has 1 atom stereocenters. The summed E-state index contributed by atoms with van der Waals surface area (Å²) < 4.78 is 11.2. The molecule has 0 radical (unpaired) electrons. The number of piperazine rings is 1. The molecule has 0 spiro atoms. The summed E-state index contributed by atoms with van der Waals surface area (Å²) in [5.74, 6) is 1.37. The van der Waals surface area contributed by atoms with Crippen molar-refractivity contribution in [3.8, 4) is 0 Å². The normalized spacial score (nSPS) is 24.7. The molecule has 1 saturated carbocycles. The molecule has 6 nitrogen and oxygen atoms in total. The van der Waals surface area contributed by atoms with E-state index < -0.39 is 0 Å². The predicted molar refractivity (Wildman–Crippen MR) is 81.4 cm³/mol. The highest BCUT2D eigenvalue weighted by molar-refractivity contribution is 5.85. The summed E-state index contributed by atoms with van der Waals surface area (Å²) in [6.07, 6.45) is 6.59. The summed E-state index contributed by atoms with van der Waals surface area (Å²) in [4.78, 5) is 6.74. The van der Waals surface area contributed by atoms with Crippen molar-refractivity contribution >= 4 is 12.4 Å². The van der Waals surface area contributed by atoms with E-state index in [9.17, 15) is 0 Å². The number of hydrogen-bond donors (Lipinski definition) is 1. The van der Waals surface area contributed by atoms with Crippen LogP contribution in [0.5, 0.6) is 0 Å². The lowest BCUT2D eigenvalue weighted by molar-refractivity contribution is 0.00462. The van der Waals surface area contributed by atoms with E-state index in [-0.39, 0.29) is 18.4 Å². The largest absolute Gasteiger partial charge is 0.368 e. The Hall–Kier alpha value is -0.690. The van der Waals surface area contributed by atoms with Crippen LogP contribution in [0.25, 0.3) is 0 Å². The lowest BCUT2D eigenvalue weighted by Crippen LogP contribution is -2.44. The van der Waals surface area contributed by atoms with Gasteiger partial charge in [-0.05, 0) is 19.9 Å². The van der Waals surface area contributed by atoms with Gasteiger partial charge in [-0.1, -0.05) is 24.4 Å². The van der Waals surface area contributed by atoms with Crippen LogP contribution in [0, 0.1) is 0 Å². The lowest BCUT2D eigenvalue weighted by Gasteiger charge is -2.30. The molecule has 0 aromatic carbocycles. The molecule has 21 heavy (non-hydrogen) atoms. The molecule has 1 unspecified atom stereocenters. The van der Waals surface area contributed by atoms with Gasteiger partial charge in [0.15, 0.2) is 5.82 Å². The van der Waals surface area contributed by atoms with Crippen molar-refractivity contribution in [3.05, 3.63) is 11.7 Å². The van der Waals surface area contributed by atoms with Crippen molar-refractivity contribution in [1.29, 1.82) is 0 Å². The molecule has 2 heterocycles. The van der Waals surface area contributed by atoms with Crippen molar-refractivity contribution in [3.63, 3.8) is 0 Å². The SMILES string of the molecule is CN1CCNCC1c1noc(COC2CCCCC2)n1.Cl. The van der Waals surface area contributed by atoms with Gasteiger partial charge in [-0.25, -0.2) is 0 Å². The Balaban J connectivity index is 0.00000161. The fraction of sp³-hybridized carbons (Fsp3) is 0.857. The molecule has 3 rings (SSSR count). The Labute approximate surface area is 132 Å². The van der Waals surface area contributed by atoms with Gasteiger partial charge in [0, 0.05) is 19.6 Å². The van der Waals surface area contributed by atoms with Crippen molar-refractivity contribution in [2.24, 2.45) is 0 Å². The first-order valence-electron chi connectivity index (χ1n) is 7.68. The Morgan fingerprint density at radius 2 is 2.14 bits per heavy atom. The third kappa shape index (κ3) is 4.39. The quantitative estimate of drug-likeness (QED) is 0.915. The molecule has 1 aliphatic carbocycles. The molecule has 120 valence electrons. The van der Waals surface area contributed by atoms with Crippen molar-refractivity contribution in [2.75, 3.05) is 26.7 Å². The van der Waals surface area contributed by atoms with Crippen LogP contribution in [-0.2, 0) is 11.3 Å². The summed E-state index contributed by atoms with van der Waals surface area (Å²) in [5.41, 5.74) is 0. The maximum Gasteiger partial charge on any atom is 0.252 e. The first kappa shape index (κ1) is 16.7. The maximum absolute atomic E-state index is 5.87. The number of nitrogens with one attached hydrogen (secondary N) is 1. The van der Waals surface area contributed by atoms with Gasteiger partial charge in [0.05, 0.1) is 12.1 Å². The van der Waals surface area contributed by atoms with E-state index in [0.717, 1.165) is 38.3 Å². The van der Waals surface area contributed by atoms with Crippen molar-refractivity contribution in [2.45, 2.75) is 50.9 Å². The molecule has 2 fully saturated rings. The van der Waals surface area contributed by atoms with Crippen LogP contribution in [0.3, 0.4) is 0 Å². The van der Waals surface area contributed by atoms with Gasteiger partial charge in [0.25, 0.3) is 5.89 Å². The zero-order valence-corrected chi connectivity index (χ0v) is 13.4.